The van der Waals surface area contributed by atoms with Crippen LogP contribution in [0.4, 0.5) is 13.2 Å². The van der Waals surface area contributed by atoms with Crippen molar-refractivity contribution >= 4 is 34.2 Å². The largest absolute Gasteiger partial charge is 0.495 e. The van der Waals surface area contributed by atoms with E-state index in [2.05, 4.69) is 33.1 Å². The zero-order valence-corrected chi connectivity index (χ0v) is 32.2. The van der Waals surface area contributed by atoms with E-state index in [0.29, 0.717) is 21.6 Å². The van der Waals surface area contributed by atoms with E-state index in [1.165, 1.54) is 44.2 Å². The maximum atomic E-state index is 14.7. The first-order valence-corrected chi connectivity index (χ1v) is 18.9. The third-order valence-corrected chi connectivity index (χ3v) is 9.74. The summed E-state index contributed by atoms with van der Waals surface area (Å²) in [6, 6.07) is 13.6. The van der Waals surface area contributed by atoms with Gasteiger partial charge in [0.15, 0.2) is 5.16 Å². The van der Waals surface area contributed by atoms with E-state index in [1.54, 1.807) is 31.5 Å². The van der Waals surface area contributed by atoms with Crippen molar-refractivity contribution in [2.45, 2.75) is 75.1 Å². The van der Waals surface area contributed by atoms with Gasteiger partial charge in [0.2, 0.25) is 0 Å². The maximum absolute atomic E-state index is 14.7. The van der Waals surface area contributed by atoms with Crippen molar-refractivity contribution in [2.24, 2.45) is 0 Å². The molecule has 4 rings (SSSR count). The molecule has 0 spiro atoms. The zero-order valence-electron chi connectivity index (χ0n) is 29.8. The fraction of sp³-hybridized carbons (Fsp3) is 0.432. The summed E-state index contributed by atoms with van der Waals surface area (Å²) in [6.45, 7) is 11.6. The molecule has 11 heteroatoms. The Labute approximate surface area is 296 Å². The molecule has 4 aromatic rings. The van der Waals surface area contributed by atoms with E-state index >= 15 is 0 Å². The lowest BCUT2D eigenvalue weighted by Crippen LogP contribution is -2.35. The molecule has 0 bridgehead atoms. The number of thioether (sulfide) groups is 1. The second-order valence-corrected chi connectivity index (χ2v) is 15.3. The molecule has 0 saturated carbocycles. The molecule has 48 heavy (non-hydrogen) atoms. The number of rotatable bonds is 12. The Bertz CT molecular complexity index is 1620. The van der Waals surface area contributed by atoms with Crippen molar-refractivity contribution in [3.8, 4) is 11.4 Å². The standard InChI is InChI=1S/C27H24ClF3N2O2S2.C8H20N.C2H6/c1-27(2,16-5-10-21(28)24(11-16)35-3)25-14-32-26(33(25)18-8-6-17(29)7-9-18)36-15-20-22(30)12-19(37(4)34)13-23(20)31;1-5-6-7-8-9(2,3)4;1-2/h5-14H,15H2,1-4H3;5-8H2,1-4H3;1-2H3/q;+1;. The fourth-order valence-electron chi connectivity index (χ4n) is 4.77. The highest BCUT2D eigenvalue weighted by atomic mass is 35.5. The summed E-state index contributed by atoms with van der Waals surface area (Å²) in [5.74, 6) is -1.46. The lowest BCUT2D eigenvalue weighted by Gasteiger charge is -2.28. The van der Waals surface area contributed by atoms with Gasteiger partial charge in [0.05, 0.1) is 51.7 Å². The van der Waals surface area contributed by atoms with Gasteiger partial charge < -0.3 is 9.22 Å². The zero-order chi connectivity index (χ0) is 36.2. The average molecular weight is 725 g/mol. The quantitative estimate of drug-likeness (QED) is 0.0829. The first-order valence-electron chi connectivity index (χ1n) is 16.0. The molecule has 1 unspecified atom stereocenters. The first kappa shape index (κ1) is 41.4. The Hall–Kier alpha value is -2.79. The van der Waals surface area contributed by atoms with Gasteiger partial charge in [0, 0.05) is 44.4 Å². The van der Waals surface area contributed by atoms with Gasteiger partial charge in [-0.25, -0.2) is 18.2 Å². The molecule has 5 nitrogen and oxygen atoms in total. The number of hydrogen-bond donors (Lipinski definition) is 0. The SMILES string of the molecule is CC.CCCCC[N+](C)(C)C.COc1cc(C(C)(C)c2cnc(SCc3c(F)cc(S(C)=O)cc3F)n2-c2ccc(F)cc2)ccc1Cl. The van der Waals surface area contributed by atoms with E-state index < -0.39 is 27.8 Å². The Morgan fingerprint density at radius 1 is 0.979 bits per heavy atom. The molecular formula is C37H50ClF3N3O2S2+. The van der Waals surface area contributed by atoms with E-state index in [4.69, 9.17) is 16.3 Å². The van der Waals surface area contributed by atoms with Crippen LogP contribution < -0.4 is 4.74 Å². The number of methoxy groups -OCH3 is 1. The summed E-state index contributed by atoms with van der Waals surface area (Å²) in [4.78, 5) is 4.65. The van der Waals surface area contributed by atoms with Gasteiger partial charge in [-0.1, -0.05) is 70.5 Å². The number of benzene rings is 3. The summed E-state index contributed by atoms with van der Waals surface area (Å²) in [5, 5.41) is 0.949. The minimum Gasteiger partial charge on any atom is -0.495 e. The van der Waals surface area contributed by atoms with Crippen LogP contribution in [0, 0.1) is 17.5 Å². The Balaban J connectivity index is 0.000000631. The Morgan fingerprint density at radius 2 is 1.58 bits per heavy atom. The van der Waals surface area contributed by atoms with Gasteiger partial charge in [-0.15, -0.1) is 0 Å². The topological polar surface area (TPSA) is 44.1 Å². The molecule has 0 fully saturated rings. The summed E-state index contributed by atoms with van der Waals surface area (Å²) < 4.78 is 63.1. The number of hydrogen-bond acceptors (Lipinski definition) is 4. The first-order chi connectivity index (χ1) is 22.6. The van der Waals surface area contributed by atoms with Crippen LogP contribution in [0.25, 0.3) is 5.69 Å². The Kier molecular flexibility index (Phi) is 16.2. The molecule has 0 aliphatic rings. The van der Waals surface area contributed by atoms with E-state index in [0.717, 1.165) is 39.6 Å². The van der Waals surface area contributed by atoms with Crippen LogP contribution in [0.2, 0.25) is 5.02 Å². The third kappa shape index (κ3) is 11.4. The van der Waals surface area contributed by atoms with Crippen LogP contribution in [-0.4, -0.2) is 59.3 Å². The Morgan fingerprint density at radius 3 is 2.10 bits per heavy atom. The van der Waals surface area contributed by atoms with Gasteiger partial charge >= 0.3 is 0 Å². The minimum atomic E-state index is -1.51. The molecule has 0 amide bonds. The molecule has 0 aliphatic carbocycles. The van der Waals surface area contributed by atoms with Crippen molar-refractivity contribution in [3.63, 3.8) is 0 Å². The summed E-state index contributed by atoms with van der Waals surface area (Å²) >= 11 is 7.37. The predicted molar refractivity (Wildman–Crippen MR) is 196 cm³/mol. The number of aromatic nitrogens is 2. The summed E-state index contributed by atoms with van der Waals surface area (Å²) in [5.41, 5.74) is 1.55. The van der Waals surface area contributed by atoms with Crippen LogP contribution in [0.3, 0.4) is 0 Å². The lowest BCUT2D eigenvalue weighted by molar-refractivity contribution is -0.870. The number of unbranched alkanes of at least 4 members (excludes halogenated alkanes) is 2. The van der Waals surface area contributed by atoms with E-state index in [-0.39, 0.29) is 22.0 Å². The molecule has 1 atom stereocenters. The van der Waals surface area contributed by atoms with Crippen molar-refractivity contribution in [3.05, 3.63) is 100 Å². The highest BCUT2D eigenvalue weighted by Crippen LogP contribution is 2.39. The van der Waals surface area contributed by atoms with Crippen molar-refractivity contribution in [1.82, 2.24) is 9.55 Å². The molecule has 0 radical (unpaired) electrons. The lowest BCUT2D eigenvalue weighted by atomic mass is 9.81. The van der Waals surface area contributed by atoms with E-state index in [1.807, 2.05) is 44.4 Å². The predicted octanol–water partition coefficient (Wildman–Crippen LogP) is 10.2. The number of ether oxygens (including phenoxy) is 1. The molecule has 0 saturated heterocycles. The second kappa shape index (κ2) is 18.8. The van der Waals surface area contributed by atoms with Gasteiger partial charge in [0.25, 0.3) is 0 Å². The van der Waals surface area contributed by atoms with Gasteiger partial charge in [-0.05, 0) is 66.9 Å². The molecular weight excluding hydrogens is 675 g/mol. The van der Waals surface area contributed by atoms with Gasteiger partial charge in [-0.3, -0.25) is 8.78 Å². The van der Waals surface area contributed by atoms with Crippen LogP contribution in [0.1, 0.15) is 70.7 Å². The highest BCUT2D eigenvalue weighted by molar-refractivity contribution is 7.98. The number of quaternary nitrogens is 1. The average Bonchev–Trinajstić information content (AvgIpc) is 3.46. The van der Waals surface area contributed by atoms with Crippen LogP contribution in [0.15, 0.2) is 70.8 Å². The number of nitrogens with zero attached hydrogens (tertiary/aromatic N) is 3. The van der Waals surface area contributed by atoms with E-state index in [9.17, 15) is 17.4 Å². The molecule has 1 heterocycles. The molecule has 264 valence electrons. The number of halogens is 4. The minimum absolute atomic E-state index is 0.0544. The fourth-order valence-corrected chi connectivity index (χ4v) is 6.51. The number of imidazole rings is 1. The van der Waals surface area contributed by atoms with Crippen molar-refractivity contribution in [2.75, 3.05) is 41.1 Å². The highest BCUT2D eigenvalue weighted by Gasteiger charge is 2.30. The van der Waals surface area contributed by atoms with Crippen molar-refractivity contribution < 1.29 is 26.6 Å². The van der Waals surface area contributed by atoms with Crippen molar-refractivity contribution in [1.29, 1.82) is 0 Å². The van der Waals surface area contributed by atoms with Gasteiger partial charge in [-0.2, -0.15) is 0 Å². The monoisotopic (exact) mass is 724 g/mol. The normalized spacial score (nSPS) is 12.0. The maximum Gasteiger partial charge on any atom is 0.173 e. The summed E-state index contributed by atoms with van der Waals surface area (Å²) in [7, 11) is 6.77. The second-order valence-electron chi connectivity index (χ2n) is 12.5. The van der Waals surface area contributed by atoms with Gasteiger partial charge in [0.1, 0.15) is 23.2 Å². The van der Waals surface area contributed by atoms with Crippen LogP contribution in [-0.2, 0) is 22.0 Å². The molecule has 0 N–H and O–H groups in total. The molecule has 0 aliphatic heterocycles. The smallest absolute Gasteiger partial charge is 0.173 e. The third-order valence-electron chi connectivity index (χ3n) is 7.55. The summed E-state index contributed by atoms with van der Waals surface area (Å²) in [6.07, 6.45) is 7.15. The molecule has 3 aromatic carbocycles. The molecule has 1 aromatic heterocycles. The van der Waals surface area contributed by atoms with Crippen LogP contribution >= 0.6 is 23.4 Å². The van der Waals surface area contributed by atoms with Crippen LogP contribution in [0.5, 0.6) is 5.75 Å².